The zero-order valence-electron chi connectivity index (χ0n) is 13.0. The Morgan fingerprint density at radius 1 is 1.29 bits per heavy atom. The summed E-state index contributed by atoms with van der Waals surface area (Å²) in [6, 6.07) is 13.3. The highest BCUT2D eigenvalue weighted by atomic mass is 79.9. The molecule has 0 atom stereocenters. The zero-order valence-corrected chi connectivity index (χ0v) is 15.4. The van der Waals surface area contributed by atoms with Crippen LogP contribution in [0.3, 0.4) is 0 Å². The second kappa shape index (κ2) is 7.64. The van der Waals surface area contributed by atoms with Gasteiger partial charge in [-0.3, -0.25) is 4.79 Å². The van der Waals surface area contributed by atoms with Gasteiger partial charge in [-0.2, -0.15) is 0 Å². The predicted octanol–water partition coefficient (Wildman–Crippen LogP) is 5.89. The van der Waals surface area contributed by atoms with Gasteiger partial charge in [0.2, 0.25) is 0 Å². The Kier molecular flexibility index (Phi) is 5.33. The molecule has 3 nitrogen and oxygen atoms in total. The van der Waals surface area contributed by atoms with Crippen LogP contribution in [0.2, 0.25) is 0 Å². The summed E-state index contributed by atoms with van der Waals surface area (Å²) in [5.41, 5.74) is 1.08. The number of aryl methyl sites for hydroxylation is 1. The molecule has 0 N–H and O–H groups in total. The summed E-state index contributed by atoms with van der Waals surface area (Å²) in [5, 5.41) is 1.88. The average molecular weight is 403 g/mol. The van der Waals surface area contributed by atoms with Crippen molar-refractivity contribution in [2.75, 3.05) is 0 Å². The molecule has 0 unspecified atom stereocenters. The molecule has 0 aliphatic carbocycles. The van der Waals surface area contributed by atoms with E-state index in [4.69, 9.17) is 9.15 Å². The van der Waals surface area contributed by atoms with E-state index >= 15 is 0 Å². The molecule has 2 aromatic heterocycles. The Morgan fingerprint density at radius 3 is 2.88 bits per heavy atom. The van der Waals surface area contributed by atoms with Gasteiger partial charge in [0.25, 0.3) is 0 Å². The fourth-order valence-electron chi connectivity index (χ4n) is 2.11. The first-order valence-electron chi connectivity index (χ1n) is 7.35. The molecule has 1 aromatic carbocycles. The molecule has 0 aliphatic heterocycles. The third kappa shape index (κ3) is 4.24. The Hall–Kier alpha value is -2.11. The first-order valence-corrected chi connectivity index (χ1v) is 9.02. The molecule has 0 amide bonds. The van der Waals surface area contributed by atoms with Crippen molar-refractivity contribution in [3.63, 3.8) is 0 Å². The Morgan fingerprint density at radius 2 is 2.12 bits per heavy atom. The molecule has 3 rings (SSSR count). The number of furan rings is 1. The number of thiophene rings is 1. The number of carbonyl (C=O) groups excluding carboxylic acids is 1. The molecular formula is C19H15BrO3S. The fourth-order valence-corrected chi connectivity index (χ4v) is 3.46. The predicted molar refractivity (Wildman–Crippen MR) is 99.6 cm³/mol. The summed E-state index contributed by atoms with van der Waals surface area (Å²) in [7, 11) is 0. The maximum absolute atomic E-state index is 12.0. The molecule has 0 aliphatic rings. The van der Waals surface area contributed by atoms with Crippen LogP contribution in [-0.2, 0) is 6.61 Å². The van der Waals surface area contributed by atoms with Crippen LogP contribution in [0.25, 0.3) is 6.08 Å². The van der Waals surface area contributed by atoms with E-state index in [2.05, 4.69) is 15.9 Å². The Labute approximate surface area is 152 Å². The molecule has 3 aromatic rings. The van der Waals surface area contributed by atoms with Gasteiger partial charge in [-0.1, -0.05) is 18.2 Å². The number of benzene rings is 1. The van der Waals surface area contributed by atoms with Gasteiger partial charge in [0, 0.05) is 9.85 Å². The SMILES string of the molecule is Cc1ccccc1OCc1ccc(/C=C/C(=O)c2cc(Br)cs2)o1. The lowest BCUT2D eigenvalue weighted by Crippen LogP contribution is -1.95. The molecule has 0 fully saturated rings. The van der Waals surface area contributed by atoms with E-state index in [0.717, 1.165) is 15.8 Å². The van der Waals surface area contributed by atoms with Crippen LogP contribution in [0.5, 0.6) is 5.75 Å². The lowest BCUT2D eigenvalue weighted by Gasteiger charge is -2.06. The number of allylic oxidation sites excluding steroid dienone is 1. The molecule has 0 saturated carbocycles. The first kappa shape index (κ1) is 16.7. The van der Waals surface area contributed by atoms with Gasteiger partial charge in [-0.05, 0) is 64.8 Å². The minimum Gasteiger partial charge on any atom is -0.485 e. The summed E-state index contributed by atoms with van der Waals surface area (Å²) in [5.74, 6) is 2.14. The van der Waals surface area contributed by atoms with Crippen molar-refractivity contribution in [3.8, 4) is 5.75 Å². The molecule has 122 valence electrons. The lowest BCUT2D eigenvalue weighted by atomic mass is 10.2. The summed E-state index contributed by atoms with van der Waals surface area (Å²) in [6.07, 6.45) is 3.19. The van der Waals surface area contributed by atoms with Crippen molar-refractivity contribution in [1.29, 1.82) is 0 Å². The number of ether oxygens (including phenoxy) is 1. The van der Waals surface area contributed by atoms with Crippen LogP contribution in [0.15, 0.2) is 62.8 Å². The normalized spacial score (nSPS) is 11.1. The molecule has 5 heteroatoms. The van der Waals surface area contributed by atoms with Gasteiger partial charge < -0.3 is 9.15 Å². The van der Waals surface area contributed by atoms with Crippen molar-refractivity contribution in [2.45, 2.75) is 13.5 Å². The quantitative estimate of drug-likeness (QED) is 0.381. The molecule has 0 radical (unpaired) electrons. The number of hydrogen-bond acceptors (Lipinski definition) is 4. The van der Waals surface area contributed by atoms with Crippen molar-refractivity contribution >= 4 is 39.1 Å². The van der Waals surface area contributed by atoms with Crippen molar-refractivity contribution in [2.24, 2.45) is 0 Å². The van der Waals surface area contributed by atoms with E-state index in [1.807, 2.05) is 48.7 Å². The summed E-state index contributed by atoms with van der Waals surface area (Å²) < 4.78 is 12.3. The molecule has 0 bridgehead atoms. The first-order chi connectivity index (χ1) is 11.6. The maximum Gasteiger partial charge on any atom is 0.195 e. The summed E-state index contributed by atoms with van der Waals surface area (Å²) in [6.45, 7) is 2.35. The highest BCUT2D eigenvalue weighted by Gasteiger charge is 2.06. The van der Waals surface area contributed by atoms with Crippen molar-refractivity contribution < 1.29 is 13.9 Å². The highest BCUT2D eigenvalue weighted by Crippen LogP contribution is 2.21. The minimum absolute atomic E-state index is 0.0418. The third-order valence-corrected chi connectivity index (χ3v) is 5.06. The van der Waals surface area contributed by atoms with Crippen LogP contribution in [0.4, 0.5) is 0 Å². The number of rotatable bonds is 6. The molecule has 0 saturated heterocycles. The molecule has 0 spiro atoms. The van der Waals surface area contributed by atoms with E-state index in [0.29, 0.717) is 23.0 Å². The van der Waals surface area contributed by atoms with Gasteiger partial charge in [-0.15, -0.1) is 11.3 Å². The van der Waals surface area contributed by atoms with Crippen LogP contribution in [0.1, 0.15) is 26.8 Å². The monoisotopic (exact) mass is 402 g/mol. The fraction of sp³-hybridized carbons (Fsp3) is 0.105. The third-order valence-electron chi connectivity index (χ3n) is 3.36. The van der Waals surface area contributed by atoms with Crippen LogP contribution in [0, 0.1) is 6.92 Å². The maximum atomic E-state index is 12.0. The number of ketones is 1. The topological polar surface area (TPSA) is 39.4 Å². The Bertz CT molecular complexity index is 876. The number of hydrogen-bond donors (Lipinski definition) is 0. The van der Waals surface area contributed by atoms with Gasteiger partial charge in [0.1, 0.15) is 23.9 Å². The smallest absolute Gasteiger partial charge is 0.195 e. The van der Waals surface area contributed by atoms with E-state index in [-0.39, 0.29) is 5.78 Å². The van der Waals surface area contributed by atoms with Crippen LogP contribution >= 0.6 is 27.3 Å². The molecular weight excluding hydrogens is 388 g/mol. The molecule has 24 heavy (non-hydrogen) atoms. The van der Waals surface area contributed by atoms with Gasteiger partial charge in [-0.25, -0.2) is 0 Å². The van der Waals surface area contributed by atoms with Gasteiger partial charge in [0.15, 0.2) is 5.78 Å². The number of para-hydroxylation sites is 1. The van der Waals surface area contributed by atoms with Crippen molar-refractivity contribution in [1.82, 2.24) is 0 Å². The lowest BCUT2D eigenvalue weighted by molar-refractivity contribution is 0.105. The Balaban J connectivity index is 1.60. The van der Waals surface area contributed by atoms with Crippen molar-refractivity contribution in [3.05, 3.63) is 80.4 Å². The van der Waals surface area contributed by atoms with E-state index < -0.39 is 0 Å². The summed E-state index contributed by atoms with van der Waals surface area (Å²) >= 11 is 4.75. The second-order valence-corrected chi connectivity index (χ2v) is 7.01. The number of carbonyl (C=O) groups is 1. The average Bonchev–Trinajstić information content (AvgIpc) is 3.21. The van der Waals surface area contributed by atoms with E-state index in [9.17, 15) is 4.79 Å². The van der Waals surface area contributed by atoms with Gasteiger partial charge in [0.05, 0.1) is 4.88 Å². The van der Waals surface area contributed by atoms with Gasteiger partial charge >= 0.3 is 0 Å². The molecule has 2 heterocycles. The van der Waals surface area contributed by atoms with E-state index in [1.54, 1.807) is 12.1 Å². The summed E-state index contributed by atoms with van der Waals surface area (Å²) in [4.78, 5) is 12.7. The minimum atomic E-state index is -0.0418. The number of halogens is 1. The zero-order chi connectivity index (χ0) is 16.9. The largest absolute Gasteiger partial charge is 0.485 e. The van der Waals surface area contributed by atoms with Crippen LogP contribution in [-0.4, -0.2) is 5.78 Å². The van der Waals surface area contributed by atoms with E-state index in [1.165, 1.54) is 17.4 Å². The standard InChI is InChI=1S/C19H15BrO3S/c1-13-4-2-3-5-18(13)22-11-16-7-6-15(23-16)8-9-17(21)19-10-14(20)12-24-19/h2-10,12H,11H2,1H3/b9-8+. The van der Waals surface area contributed by atoms with Crippen LogP contribution < -0.4 is 4.74 Å². The highest BCUT2D eigenvalue weighted by molar-refractivity contribution is 9.10. The second-order valence-electron chi connectivity index (χ2n) is 5.19.